The van der Waals surface area contributed by atoms with E-state index in [0.717, 1.165) is 32.1 Å². The zero-order valence-electron chi connectivity index (χ0n) is 23.3. The fourth-order valence-electron chi connectivity index (χ4n) is 10.2. The second-order valence-corrected chi connectivity index (χ2v) is 14.2. The SMILES string of the molecule is C[C@H]1[C@H](C)C2C3=CCC4[C@@](C)(CCC(=O)O)[C@H]([C@](C)(O)CO)CC[C@@]4(C)[C@]3(C)CC[C@@]2(CO)C[C@@H]1O. The molecule has 0 radical (unpaired) electrons. The van der Waals surface area contributed by atoms with Gasteiger partial charge in [-0.05, 0) is 97.7 Å². The summed E-state index contributed by atoms with van der Waals surface area (Å²) < 4.78 is 0. The molecule has 0 spiro atoms. The summed E-state index contributed by atoms with van der Waals surface area (Å²) in [5, 5.41) is 52.5. The highest BCUT2D eigenvalue weighted by Gasteiger charge is 2.68. The first kappa shape index (κ1) is 28.1. The van der Waals surface area contributed by atoms with Crippen molar-refractivity contribution >= 4 is 5.97 Å². The van der Waals surface area contributed by atoms with E-state index in [0.29, 0.717) is 12.8 Å². The van der Waals surface area contributed by atoms with Crippen molar-refractivity contribution in [1.29, 1.82) is 0 Å². The molecule has 3 fully saturated rings. The Labute approximate surface area is 217 Å². The third-order valence-corrected chi connectivity index (χ3v) is 12.7. The molecule has 4 aliphatic rings. The van der Waals surface area contributed by atoms with E-state index in [1.807, 2.05) is 0 Å². The van der Waals surface area contributed by atoms with Crippen LogP contribution in [0.1, 0.15) is 92.9 Å². The number of hydrogen-bond donors (Lipinski definition) is 5. The predicted molar refractivity (Wildman–Crippen MR) is 139 cm³/mol. The minimum absolute atomic E-state index is 0.0526. The first-order valence-electron chi connectivity index (χ1n) is 14.2. The number of aliphatic hydroxyl groups excluding tert-OH is 3. The second-order valence-electron chi connectivity index (χ2n) is 14.2. The van der Waals surface area contributed by atoms with Gasteiger partial charge in [-0.1, -0.05) is 46.3 Å². The number of rotatable bonds is 6. The average molecular weight is 507 g/mol. The van der Waals surface area contributed by atoms with Gasteiger partial charge in [-0.2, -0.15) is 0 Å². The van der Waals surface area contributed by atoms with E-state index in [1.165, 1.54) is 5.57 Å². The Kier molecular flexibility index (Phi) is 7.07. The lowest BCUT2D eigenvalue weighted by atomic mass is 9.34. The molecule has 0 heterocycles. The van der Waals surface area contributed by atoms with Crippen molar-refractivity contribution in [2.24, 2.45) is 51.2 Å². The number of carboxylic acid groups (broad SMARTS) is 1. The van der Waals surface area contributed by atoms with E-state index in [2.05, 4.69) is 40.7 Å². The Hall–Kier alpha value is -0.950. The van der Waals surface area contributed by atoms with Crippen molar-refractivity contribution in [3.63, 3.8) is 0 Å². The molecule has 3 saturated carbocycles. The van der Waals surface area contributed by atoms with Crippen LogP contribution < -0.4 is 0 Å². The van der Waals surface area contributed by atoms with Gasteiger partial charge >= 0.3 is 5.97 Å². The van der Waals surface area contributed by atoms with Gasteiger partial charge < -0.3 is 25.5 Å². The van der Waals surface area contributed by atoms with E-state index in [-0.39, 0.29) is 65.5 Å². The van der Waals surface area contributed by atoms with Crippen molar-refractivity contribution in [3.8, 4) is 0 Å². The van der Waals surface area contributed by atoms with Gasteiger partial charge in [0.15, 0.2) is 0 Å². The molecule has 6 nitrogen and oxygen atoms in total. The van der Waals surface area contributed by atoms with Gasteiger partial charge in [0.25, 0.3) is 0 Å². The number of hydrogen-bond acceptors (Lipinski definition) is 5. The van der Waals surface area contributed by atoms with Crippen LogP contribution in [0.5, 0.6) is 0 Å². The van der Waals surface area contributed by atoms with Crippen molar-refractivity contribution in [1.82, 2.24) is 0 Å². The Bertz CT molecular complexity index is 898. The van der Waals surface area contributed by atoms with Crippen LogP contribution in [0.15, 0.2) is 11.6 Å². The maximum Gasteiger partial charge on any atom is 0.303 e. The zero-order chi connectivity index (χ0) is 26.9. The van der Waals surface area contributed by atoms with Crippen molar-refractivity contribution < 1.29 is 30.3 Å². The topological polar surface area (TPSA) is 118 Å². The molecule has 0 aromatic rings. The maximum atomic E-state index is 11.7. The molecule has 2 unspecified atom stereocenters. The summed E-state index contributed by atoms with van der Waals surface area (Å²) in [5.41, 5.74) is -0.731. The minimum atomic E-state index is -1.26. The second kappa shape index (κ2) is 9.07. The molecule has 0 aromatic carbocycles. The molecule has 0 aromatic heterocycles. The Morgan fingerprint density at radius 2 is 1.78 bits per heavy atom. The van der Waals surface area contributed by atoms with Crippen LogP contribution in [0, 0.1) is 51.2 Å². The number of aliphatic hydroxyl groups is 4. The molecular weight excluding hydrogens is 456 g/mol. The van der Waals surface area contributed by atoms with E-state index in [4.69, 9.17) is 0 Å². The van der Waals surface area contributed by atoms with E-state index < -0.39 is 23.1 Å². The van der Waals surface area contributed by atoms with Crippen LogP contribution in [-0.2, 0) is 4.79 Å². The Morgan fingerprint density at radius 1 is 1.11 bits per heavy atom. The lowest BCUT2D eigenvalue weighted by molar-refractivity contribution is -0.201. The zero-order valence-corrected chi connectivity index (χ0v) is 23.3. The molecule has 5 N–H and O–H groups in total. The minimum Gasteiger partial charge on any atom is -0.481 e. The van der Waals surface area contributed by atoms with Gasteiger partial charge in [0, 0.05) is 18.4 Å². The molecule has 4 rings (SSSR count). The van der Waals surface area contributed by atoms with Gasteiger partial charge in [-0.25, -0.2) is 0 Å². The van der Waals surface area contributed by atoms with E-state index >= 15 is 0 Å². The third kappa shape index (κ3) is 3.76. The third-order valence-electron chi connectivity index (χ3n) is 12.7. The summed E-state index contributed by atoms with van der Waals surface area (Å²) in [6, 6.07) is 0. The monoisotopic (exact) mass is 506 g/mol. The lowest BCUT2D eigenvalue weighted by Gasteiger charge is -2.70. The van der Waals surface area contributed by atoms with E-state index in [1.54, 1.807) is 6.92 Å². The summed E-state index contributed by atoms with van der Waals surface area (Å²) in [5.74, 6) is -0.177. The first-order valence-corrected chi connectivity index (χ1v) is 14.2. The van der Waals surface area contributed by atoms with Crippen molar-refractivity contribution in [3.05, 3.63) is 11.6 Å². The molecular formula is C30H50O6. The number of aliphatic carboxylic acids is 1. The number of carbonyl (C=O) groups is 1. The standard InChI is InChI=1S/C30H50O6/c1-18-19(2)25-20-7-8-22-26(3,11-10-24(34)35)23(29(6,36)16-31)9-12-28(22,5)27(20,4)13-14-30(25,17-32)15-21(18)33/h7,18-19,21-23,25,31-33,36H,8-17H2,1-6H3,(H,34,35)/t18-,19-,21-,22?,23+,25?,26+,27+,28+,29+,30-/m0/s1. The van der Waals surface area contributed by atoms with Crippen LogP contribution in [0.2, 0.25) is 0 Å². The summed E-state index contributed by atoms with van der Waals surface area (Å²) in [4.78, 5) is 11.7. The predicted octanol–water partition coefficient (Wildman–Crippen LogP) is 4.40. The number of carboxylic acids is 1. The highest BCUT2D eigenvalue weighted by Crippen LogP contribution is 2.74. The van der Waals surface area contributed by atoms with Crippen LogP contribution in [0.3, 0.4) is 0 Å². The van der Waals surface area contributed by atoms with Gasteiger partial charge in [0.05, 0.1) is 18.3 Å². The quantitative estimate of drug-likeness (QED) is 0.341. The molecule has 36 heavy (non-hydrogen) atoms. The van der Waals surface area contributed by atoms with E-state index in [9.17, 15) is 30.3 Å². The molecule has 0 saturated heterocycles. The smallest absolute Gasteiger partial charge is 0.303 e. The molecule has 206 valence electrons. The highest BCUT2D eigenvalue weighted by molar-refractivity contribution is 5.66. The van der Waals surface area contributed by atoms with Crippen LogP contribution in [0.4, 0.5) is 0 Å². The summed E-state index contributed by atoms with van der Waals surface area (Å²) in [6.07, 6.45) is 7.49. The van der Waals surface area contributed by atoms with Gasteiger partial charge in [-0.15, -0.1) is 0 Å². The number of allylic oxidation sites excluding steroid dienone is 2. The average Bonchev–Trinajstić information content (AvgIpc) is 2.82. The Morgan fingerprint density at radius 3 is 2.36 bits per heavy atom. The summed E-state index contributed by atoms with van der Waals surface area (Å²) in [7, 11) is 0. The summed E-state index contributed by atoms with van der Waals surface area (Å²) >= 11 is 0. The molecule has 4 aliphatic carbocycles. The van der Waals surface area contributed by atoms with Gasteiger partial charge in [-0.3, -0.25) is 4.79 Å². The normalized spacial score (nSPS) is 50.2. The highest BCUT2D eigenvalue weighted by atomic mass is 16.4. The fourth-order valence-corrected chi connectivity index (χ4v) is 10.2. The number of fused-ring (bicyclic) bond motifs is 5. The Balaban J connectivity index is 1.82. The molecule has 0 aliphatic heterocycles. The molecule has 0 amide bonds. The van der Waals surface area contributed by atoms with Crippen molar-refractivity contribution in [2.45, 2.75) is 105 Å². The first-order chi connectivity index (χ1) is 16.6. The van der Waals surface area contributed by atoms with Gasteiger partial charge in [0.1, 0.15) is 0 Å². The largest absolute Gasteiger partial charge is 0.481 e. The van der Waals surface area contributed by atoms with Crippen molar-refractivity contribution in [2.75, 3.05) is 13.2 Å². The molecule has 0 bridgehead atoms. The van der Waals surface area contributed by atoms with Crippen LogP contribution in [0.25, 0.3) is 0 Å². The van der Waals surface area contributed by atoms with Crippen LogP contribution in [-0.4, -0.2) is 56.4 Å². The molecule has 6 heteroatoms. The molecule has 11 atom stereocenters. The fraction of sp³-hybridized carbons (Fsp3) is 0.900. The lowest BCUT2D eigenvalue weighted by Crippen LogP contribution is -2.65. The maximum absolute atomic E-state index is 11.7. The summed E-state index contributed by atoms with van der Waals surface area (Å²) in [6.45, 7) is 12.8. The van der Waals surface area contributed by atoms with Crippen LogP contribution >= 0.6 is 0 Å². The van der Waals surface area contributed by atoms with Gasteiger partial charge in [0.2, 0.25) is 0 Å².